The number of fused-ring (bicyclic) bond motifs is 6. The zero-order chi connectivity index (χ0) is 28.0. The smallest absolute Gasteiger partial charge is 0.149 e. The fourth-order valence-corrected chi connectivity index (χ4v) is 6.70. The Balaban J connectivity index is 0.000000164. The molecule has 0 aliphatic heterocycles. The van der Waals surface area contributed by atoms with Crippen molar-refractivity contribution in [3.05, 3.63) is 113 Å². The Hall–Kier alpha value is -3.38. The van der Waals surface area contributed by atoms with Gasteiger partial charge in [-0.1, -0.05) is 73.9 Å². The van der Waals surface area contributed by atoms with Crippen molar-refractivity contribution in [2.75, 3.05) is 0 Å². The van der Waals surface area contributed by atoms with Crippen LogP contribution in [0.4, 0.5) is 8.78 Å². The fraction of sp³-hybridized carbons (Fsp3) is 0.206. The molecule has 7 rings (SSSR count). The molecule has 0 fully saturated rings. The molecule has 4 heterocycles. The van der Waals surface area contributed by atoms with Gasteiger partial charge in [0.25, 0.3) is 0 Å². The minimum atomic E-state index is -0.329. The number of aromatic nitrogens is 3. The Morgan fingerprint density at radius 2 is 1.78 bits per heavy atom. The van der Waals surface area contributed by atoms with Gasteiger partial charge in [-0.2, -0.15) is 11.3 Å². The zero-order valence-electron chi connectivity index (χ0n) is 23.1. The number of halogens is 2. The van der Waals surface area contributed by atoms with Crippen molar-refractivity contribution < 1.29 is 28.9 Å². The first-order valence-corrected chi connectivity index (χ1v) is 14.2. The molecule has 41 heavy (non-hydrogen) atoms. The number of thiophene rings is 1. The van der Waals surface area contributed by atoms with E-state index in [9.17, 15) is 8.78 Å². The third kappa shape index (κ3) is 4.90. The Morgan fingerprint density at radius 1 is 0.951 bits per heavy atom. The molecule has 3 nitrogen and oxygen atoms in total. The van der Waals surface area contributed by atoms with Crippen molar-refractivity contribution in [2.24, 2.45) is 0 Å². The van der Waals surface area contributed by atoms with Crippen LogP contribution in [0.3, 0.4) is 0 Å². The van der Waals surface area contributed by atoms with E-state index in [1.165, 1.54) is 23.1 Å². The van der Waals surface area contributed by atoms with E-state index < -0.39 is 0 Å². The van der Waals surface area contributed by atoms with E-state index in [1.807, 2.05) is 43.5 Å². The van der Waals surface area contributed by atoms with E-state index in [2.05, 4.69) is 53.9 Å². The molecule has 7 heteroatoms. The van der Waals surface area contributed by atoms with Gasteiger partial charge in [0.15, 0.2) is 0 Å². The van der Waals surface area contributed by atoms with Crippen LogP contribution in [0.2, 0.25) is 0 Å². The molecule has 1 aliphatic rings. The van der Waals surface area contributed by atoms with Crippen molar-refractivity contribution in [1.29, 1.82) is 0 Å². The van der Waals surface area contributed by atoms with Gasteiger partial charge >= 0.3 is 0 Å². The first-order valence-electron chi connectivity index (χ1n) is 13.4. The Labute approximate surface area is 256 Å². The number of hydrogen-bond donors (Lipinski definition) is 0. The largest absolute Gasteiger partial charge is 0.305 e. The van der Waals surface area contributed by atoms with E-state index in [-0.39, 0.29) is 37.2 Å². The molecule has 209 valence electrons. The molecule has 1 aliphatic carbocycles. The average molecular weight is 740 g/mol. The Morgan fingerprint density at radius 3 is 2.56 bits per heavy atom. The van der Waals surface area contributed by atoms with Gasteiger partial charge in [0.1, 0.15) is 5.82 Å². The topological polar surface area (TPSA) is 38.7 Å². The molecule has 1 radical (unpaired) electrons. The standard InChI is InChI=1S/C18H12FN2S.C16H15FN.Ir/c1-2-11-6-7-21-15(8-11)12-4-3-5-13-17-14(19)9-20-10-16(17)22-18(12)13;1-4-10-7-8-11-13(14(10)17)16(2,3)12-6-5-9-18-15(11)12;/h3,5-10H,2H2,1H3;5-7,9H,4H2,1-3H3;/q2*-1;. The number of rotatable bonds is 3. The van der Waals surface area contributed by atoms with E-state index >= 15 is 0 Å². The van der Waals surface area contributed by atoms with E-state index in [4.69, 9.17) is 0 Å². The first-order chi connectivity index (χ1) is 19.3. The number of hydrogen-bond acceptors (Lipinski definition) is 4. The van der Waals surface area contributed by atoms with Crippen molar-refractivity contribution in [1.82, 2.24) is 15.0 Å². The van der Waals surface area contributed by atoms with Gasteiger partial charge in [-0.05, 0) is 40.1 Å². The van der Waals surface area contributed by atoms with E-state index in [0.29, 0.717) is 11.8 Å². The van der Waals surface area contributed by atoms with Gasteiger partial charge in [-0.15, -0.1) is 41.5 Å². The van der Waals surface area contributed by atoms with E-state index in [0.717, 1.165) is 60.4 Å². The minimum Gasteiger partial charge on any atom is -0.305 e. The molecule has 6 aromatic rings. The van der Waals surface area contributed by atoms with Crippen LogP contribution in [0.5, 0.6) is 0 Å². The van der Waals surface area contributed by atoms with Gasteiger partial charge in [0.2, 0.25) is 0 Å². The molecule has 0 saturated heterocycles. The quantitative estimate of drug-likeness (QED) is 0.170. The SMILES string of the molecule is CCc1c[c-]c2c(c1F)C(C)(C)c1cccnc1-2.CCc1ccnc(-c2[c-]ccc3c2sc2cncc(F)c23)c1.[Ir]. The molecular formula is C34H27F2IrN3S-2. The van der Waals surface area contributed by atoms with Crippen molar-refractivity contribution >= 4 is 31.5 Å². The molecular weight excluding hydrogens is 713 g/mol. The molecule has 0 bridgehead atoms. The van der Waals surface area contributed by atoms with Crippen LogP contribution in [0.25, 0.3) is 42.7 Å². The van der Waals surface area contributed by atoms with Crippen LogP contribution in [0.1, 0.15) is 49.9 Å². The van der Waals surface area contributed by atoms with Gasteiger partial charge < -0.3 is 9.97 Å². The van der Waals surface area contributed by atoms with Crippen LogP contribution in [-0.4, -0.2) is 15.0 Å². The third-order valence-electron chi connectivity index (χ3n) is 7.65. The Bertz CT molecular complexity index is 1900. The molecule has 0 saturated carbocycles. The Kier molecular flexibility index (Phi) is 8.15. The monoisotopic (exact) mass is 740 g/mol. The summed E-state index contributed by atoms with van der Waals surface area (Å²) in [6, 6.07) is 20.0. The van der Waals surface area contributed by atoms with Crippen LogP contribution < -0.4 is 0 Å². The normalized spacial score (nSPS) is 12.8. The van der Waals surface area contributed by atoms with Gasteiger partial charge in [0.05, 0.1) is 6.20 Å². The van der Waals surface area contributed by atoms with Crippen molar-refractivity contribution in [2.45, 2.75) is 46.0 Å². The van der Waals surface area contributed by atoms with Crippen molar-refractivity contribution in [3.8, 4) is 22.5 Å². The molecule has 0 amide bonds. The van der Waals surface area contributed by atoms with Gasteiger partial charge in [-0.3, -0.25) is 4.98 Å². The number of aryl methyl sites for hydroxylation is 2. The third-order valence-corrected chi connectivity index (χ3v) is 8.81. The summed E-state index contributed by atoms with van der Waals surface area (Å²) in [6.45, 7) is 8.18. The summed E-state index contributed by atoms with van der Waals surface area (Å²) in [6.07, 6.45) is 8.19. The summed E-state index contributed by atoms with van der Waals surface area (Å²) in [7, 11) is 0. The van der Waals surface area contributed by atoms with Gasteiger partial charge in [-0.25, -0.2) is 8.78 Å². The number of nitrogens with zero attached hydrogens (tertiary/aromatic N) is 3. The zero-order valence-corrected chi connectivity index (χ0v) is 26.3. The number of pyridine rings is 3. The summed E-state index contributed by atoms with van der Waals surface area (Å²) in [5.74, 6) is -0.370. The maximum atomic E-state index is 14.6. The maximum absolute atomic E-state index is 14.6. The molecule has 0 spiro atoms. The summed E-state index contributed by atoms with van der Waals surface area (Å²) >= 11 is 1.54. The minimum absolute atomic E-state index is 0. The number of benzene rings is 2. The predicted molar refractivity (Wildman–Crippen MR) is 159 cm³/mol. The molecule has 4 aromatic heterocycles. The predicted octanol–water partition coefficient (Wildman–Crippen LogP) is 8.90. The molecule has 0 N–H and O–H groups in total. The first kappa shape index (κ1) is 29.1. The van der Waals surface area contributed by atoms with Gasteiger partial charge in [0, 0.05) is 54.6 Å². The second-order valence-corrected chi connectivity index (χ2v) is 11.4. The maximum Gasteiger partial charge on any atom is 0.149 e. The van der Waals surface area contributed by atoms with Crippen LogP contribution in [0.15, 0.2) is 67.3 Å². The summed E-state index contributed by atoms with van der Waals surface area (Å²) < 4.78 is 30.6. The second-order valence-electron chi connectivity index (χ2n) is 10.4. The van der Waals surface area contributed by atoms with Crippen LogP contribution in [0, 0.1) is 23.8 Å². The average Bonchev–Trinajstić information content (AvgIpc) is 3.47. The molecule has 2 aromatic carbocycles. The molecule has 0 atom stereocenters. The van der Waals surface area contributed by atoms with Crippen LogP contribution in [-0.2, 0) is 38.4 Å². The summed E-state index contributed by atoms with van der Waals surface area (Å²) in [5.41, 5.74) is 6.96. The fourth-order valence-electron chi connectivity index (χ4n) is 5.51. The van der Waals surface area contributed by atoms with Crippen molar-refractivity contribution in [3.63, 3.8) is 0 Å². The summed E-state index contributed by atoms with van der Waals surface area (Å²) in [5, 5.41) is 1.54. The van der Waals surface area contributed by atoms with Crippen LogP contribution >= 0.6 is 11.3 Å². The van der Waals surface area contributed by atoms with E-state index in [1.54, 1.807) is 18.5 Å². The second kappa shape index (κ2) is 11.5. The summed E-state index contributed by atoms with van der Waals surface area (Å²) in [4.78, 5) is 12.8. The molecule has 0 unspecified atom stereocenters.